The van der Waals surface area contributed by atoms with Crippen LogP contribution in [0.2, 0.25) is 0 Å². The molecule has 1 heterocycles. The van der Waals surface area contributed by atoms with Crippen LogP contribution in [0.4, 0.5) is 5.69 Å². The summed E-state index contributed by atoms with van der Waals surface area (Å²) in [5.74, 6) is -1.11. The van der Waals surface area contributed by atoms with Gasteiger partial charge in [0.15, 0.2) is 6.61 Å². The van der Waals surface area contributed by atoms with Crippen LogP contribution in [0.25, 0.3) is 0 Å². The monoisotopic (exact) mass is 408 g/mol. The molecule has 1 N–H and O–H groups in total. The molecule has 1 fully saturated rings. The van der Waals surface area contributed by atoms with Crippen molar-refractivity contribution in [3.8, 4) is 0 Å². The maximum Gasteiger partial charge on any atom is 0.340 e. The Morgan fingerprint density at radius 3 is 2.37 bits per heavy atom. The van der Waals surface area contributed by atoms with Gasteiger partial charge in [-0.05, 0) is 44.0 Å². The number of hydrogen-bond acceptors (Lipinski definition) is 4. The van der Waals surface area contributed by atoms with Crippen molar-refractivity contribution in [2.75, 3.05) is 25.0 Å². The van der Waals surface area contributed by atoms with Crippen LogP contribution in [0.15, 0.2) is 48.5 Å². The molecule has 0 aromatic heterocycles. The summed E-state index contributed by atoms with van der Waals surface area (Å²) in [6, 6.07) is 13.8. The molecule has 0 atom stereocenters. The molecule has 0 aliphatic carbocycles. The molecule has 6 nitrogen and oxygen atoms in total. The molecule has 2 aromatic rings. The Labute approximate surface area is 177 Å². The van der Waals surface area contributed by atoms with Gasteiger partial charge < -0.3 is 15.0 Å². The van der Waals surface area contributed by atoms with E-state index in [1.807, 2.05) is 13.0 Å². The third-order valence-electron chi connectivity index (χ3n) is 5.21. The quantitative estimate of drug-likeness (QED) is 0.753. The van der Waals surface area contributed by atoms with Gasteiger partial charge in [-0.25, -0.2) is 4.79 Å². The van der Waals surface area contributed by atoms with E-state index < -0.39 is 5.97 Å². The second kappa shape index (κ2) is 10.6. The third kappa shape index (κ3) is 5.92. The summed E-state index contributed by atoms with van der Waals surface area (Å²) >= 11 is 0. The Morgan fingerprint density at radius 1 is 0.933 bits per heavy atom. The fourth-order valence-corrected chi connectivity index (χ4v) is 3.54. The highest BCUT2D eigenvalue weighted by molar-refractivity contribution is 6.08. The molecule has 0 spiro atoms. The largest absolute Gasteiger partial charge is 0.452 e. The number of benzene rings is 2. The minimum absolute atomic E-state index is 0.175. The molecule has 158 valence electrons. The molecule has 1 aliphatic heterocycles. The van der Waals surface area contributed by atoms with Crippen molar-refractivity contribution in [2.45, 2.75) is 39.0 Å². The van der Waals surface area contributed by atoms with Crippen LogP contribution >= 0.6 is 0 Å². The van der Waals surface area contributed by atoms with E-state index in [2.05, 4.69) is 5.32 Å². The number of nitrogens with zero attached hydrogens (tertiary/aromatic N) is 1. The first kappa shape index (κ1) is 21.6. The van der Waals surface area contributed by atoms with E-state index in [1.54, 1.807) is 47.4 Å². The van der Waals surface area contributed by atoms with Crippen molar-refractivity contribution < 1.29 is 19.1 Å². The number of amides is 2. The number of rotatable bonds is 5. The van der Waals surface area contributed by atoms with Gasteiger partial charge in [0.2, 0.25) is 0 Å². The van der Waals surface area contributed by atoms with Crippen molar-refractivity contribution in [3.05, 3.63) is 65.2 Å². The smallest absolute Gasteiger partial charge is 0.340 e. The number of ether oxygens (including phenoxy) is 1. The zero-order chi connectivity index (χ0) is 21.3. The first-order chi connectivity index (χ1) is 14.5. The van der Waals surface area contributed by atoms with E-state index in [9.17, 15) is 14.4 Å². The number of aryl methyl sites for hydroxylation is 1. The van der Waals surface area contributed by atoms with Crippen molar-refractivity contribution >= 4 is 23.5 Å². The predicted octanol–water partition coefficient (Wildman–Crippen LogP) is 4.20. The number of likely N-dealkylation sites (tertiary alicyclic amines) is 1. The normalized spacial score (nSPS) is 14.4. The van der Waals surface area contributed by atoms with Gasteiger partial charge in [-0.3, -0.25) is 9.59 Å². The summed E-state index contributed by atoms with van der Waals surface area (Å²) in [6.07, 6.45) is 5.41. The van der Waals surface area contributed by atoms with Gasteiger partial charge in [0.25, 0.3) is 11.8 Å². The van der Waals surface area contributed by atoms with Gasteiger partial charge in [0.1, 0.15) is 0 Å². The van der Waals surface area contributed by atoms with Crippen molar-refractivity contribution in [1.82, 2.24) is 4.90 Å². The van der Waals surface area contributed by atoms with Gasteiger partial charge >= 0.3 is 5.97 Å². The minimum Gasteiger partial charge on any atom is -0.452 e. The average Bonchev–Trinajstić information content (AvgIpc) is 2.72. The second-order valence-electron chi connectivity index (χ2n) is 7.59. The van der Waals surface area contributed by atoms with Crippen LogP contribution in [0, 0.1) is 6.92 Å². The Hall–Kier alpha value is -3.15. The lowest BCUT2D eigenvalue weighted by atomic mass is 10.1. The molecule has 3 rings (SSSR count). The zero-order valence-electron chi connectivity index (χ0n) is 17.4. The molecule has 0 saturated carbocycles. The standard InChI is InChI=1S/C24H28N2O4/c1-18-10-9-11-19(16-18)23(28)25-21-13-6-5-12-20(21)24(29)30-17-22(27)26-14-7-3-2-4-8-15-26/h5-6,9-13,16H,2-4,7-8,14-15,17H2,1H3,(H,25,28). The molecule has 1 saturated heterocycles. The summed E-state index contributed by atoms with van der Waals surface area (Å²) in [5.41, 5.74) is 2.05. The van der Waals surface area contributed by atoms with Crippen LogP contribution < -0.4 is 5.32 Å². The number of anilines is 1. The van der Waals surface area contributed by atoms with Crippen molar-refractivity contribution in [1.29, 1.82) is 0 Å². The number of carbonyl (C=O) groups is 3. The summed E-state index contributed by atoms with van der Waals surface area (Å²) in [7, 11) is 0. The first-order valence-electron chi connectivity index (χ1n) is 10.5. The molecule has 0 bridgehead atoms. The summed E-state index contributed by atoms with van der Waals surface area (Å²) in [5, 5.41) is 2.77. The average molecular weight is 408 g/mol. The molecule has 2 aromatic carbocycles. The number of esters is 1. The minimum atomic E-state index is -0.629. The summed E-state index contributed by atoms with van der Waals surface area (Å²) in [6.45, 7) is 3.03. The number of hydrogen-bond donors (Lipinski definition) is 1. The van der Waals surface area contributed by atoms with E-state index in [1.165, 1.54) is 6.42 Å². The number of para-hydroxylation sites is 1. The van der Waals surface area contributed by atoms with Gasteiger partial charge in [0, 0.05) is 18.7 Å². The van der Waals surface area contributed by atoms with Crippen LogP contribution in [0.5, 0.6) is 0 Å². The zero-order valence-corrected chi connectivity index (χ0v) is 17.4. The van der Waals surface area contributed by atoms with E-state index >= 15 is 0 Å². The lowest BCUT2D eigenvalue weighted by molar-refractivity contribution is -0.134. The van der Waals surface area contributed by atoms with Crippen LogP contribution in [-0.4, -0.2) is 42.4 Å². The maximum atomic E-state index is 12.6. The number of carbonyl (C=O) groups excluding carboxylic acids is 3. The third-order valence-corrected chi connectivity index (χ3v) is 5.21. The van der Waals surface area contributed by atoms with Crippen molar-refractivity contribution in [2.24, 2.45) is 0 Å². The van der Waals surface area contributed by atoms with Crippen LogP contribution in [-0.2, 0) is 9.53 Å². The Morgan fingerprint density at radius 2 is 1.63 bits per heavy atom. The van der Waals surface area contributed by atoms with Crippen LogP contribution in [0.3, 0.4) is 0 Å². The van der Waals surface area contributed by atoms with E-state index in [0.29, 0.717) is 24.3 Å². The highest BCUT2D eigenvalue weighted by Gasteiger charge is 2.19. The molecule has 1 aliphatic rings. The molecule has 0 radical (unpaired) electrons. The first-order valence-corrected chi connectivity index (χ1v) is 10.5. The van der Waals surface area contributed by atoms with E-state index in [4.69, 9.17) is 4.74 Å². The highest BCUT2D eigenvalue weighted by atomic mass is 16.5. The lowest BCUT2D eigenvalue weighted by Crippen LogP contribution is -2.37. The molecule has 2 amide bonds. The van der Waals surface area contributed by atoms with Crippen molar-refractivity contribution in [3.63, 3.8) is 0 Å². The maximum absolute atomic E-state index is 12.6. The fourth-order valence-electron chi connectivity index (χ4n) is 3.54. The Bertz CT molecular complexity index is 902. The Kier molecular flexibility index (Phi) is 7.60. The Balaban J connectivity index is 1.62. The molecular weight excluding hydrogens is 380 g/mol. The number of nitrogens with one attached hydrogen (secondary N) is 1. The van der Waals surface area contributed by atoms with E-state index in [0.717, 1.165) is 31.2 Å². The highest BCUT2D eigenvalue weighted by Crippen LogP contribution is 2.18. The second-order valence-corrected chi connectivity index (χ2v) is 7.59. The lowest BCUT2D eigenvalue weighted by Gasteiger charge is -2.24. The SMILES string of the molecule is Cc1cccc(C(=O)Nc2ccccc2C(=O)OCC(=O)N2CCCCCCC2)c1. The molecular formula is C24H28N2O4. The summed E-state index contributed by atoms with van der Waals surface area (Å²) in [4.78, 5) is 39.4. The van der Waals surface area contributed by atoms with Gasteiger partial charge in [-0.15, -0.1) is 0 Å². The fraction of sp³-hybridized carbons (Fsp3) is 0.375. The molecule has 0 unspecified atom stereocenters. The van der Waals surface area contributed by atoms with Crippen LogP contribution in [0.1, 0.15) is 58.4 Å². The topological polar surface area (TPSA) is 75.7 Å². The van der Waals surface area contributed by atoms with Gasteiger partial charge in [-0.2, -0.15) is 0 Å². The molecule has 6 heteroatoms. The predicted molar refractivity (Wildman–Crippen MR) is 116 cm³/mol. The van der Waals surface area contributed by atoms with Gasteiger partial charge in [0.05, 0.1) is 11.3 Å². The van der Waals surface area contributed by atoms with Gasteiger partial charge in [-0.1, -0.05) is 49.1 Å². The summed E-state index contributed by atoms with van der Waals surface area (Å²) < 4.78 is 5.28. The molecule has 30 heavy (non-hydrogen) atoms. The van der Waals surface area contributed by atoms with E-state index in [-0.39, 0.29) is 24.0 Å².